The van der Waals surface area contributed by atoms with E-state index in [1.807, 2.05) is 26.0 Å². The number of nitrogens with one attached hydrogen (secondary N) is 2. The van der Waals surface area contributed by atoms with Gasteiger partial charge in [0.1, 0.15) is 12.2 Å². The summed E-state index contributed by atoms with van der Waals surface area (Å²) in [6.07, 6.45) is -0.108. The standard InChI is InChI=1S/C28H30FN9O4/c1-14-6-15(2)37(36-14)19-5-3-4-16(7-19)20(10-24(39)40)25(27(31)42)38-23-9-17(26(30)41)8-22(21(23)13-34-38)35-28-32-11-18(29)12-33-28/h3-9,13,18,20,25H,10-12H2,1-2H3,(H2,30,41)(H2,31,42)(H,39,40)(H2,32,33,35)/t20-,25?/m0/s1. The lowest BCUT2D eigenvalue weighted by atomic mass is 9.87. The lowest BCUT2D eigenvalue weighted by Gasteiger charge is -2.26. The van der Waals surface area contributed by atoms with E-state index in [9.17, 15) is 23.9 Å². The summed E-state index contributed by atoms with van der Waals surface area (Å²) in [4.78, 5) is 41.6. The van der Waals surface area contributed by atoms with Crippen molar-refractivity contribution in [3.05, 3.63) is 71.2 Å². The Kier molecular flexibility index (Phi) is 7.61. The number of aryl methyl sites for hydroxylation is 2. The summed E-state index contributed by atoms with van der Waals surface area (Å²) in [5.74, 6) is -3.37. The fourth-order valence-corrected chi connectivity index (χ4v) is 5.21. The van der Waals surface area contributed by atoms with Crippen LogP contribution in [0.5, 0.6) is 0 Å². The predicted octanol–water partition coefficient (Wildman–Crippen LogP) is 1.93. The Morgan fingerprint density at radius 1 is 1.19 bits per heavy atom. The molecule has 0 fully saturated rings. The Bertz CT molecular complexity index is 1730. The molecule has 4 aromatic rings. The molecule has 5 rings (SSSR count). The van der Waals surface area contributed by atoms with Gasteiger partial charge in [0.05, 0.1) is 48.3 Å². The maximum Gasteiger partial charge on any atom is 0.304 e. The number of amides is 2. The van der Waals surface area contributed by atoms with Gasteiger partial charge in [-0.25, -0.2) is 14.1 Å². The van der Waals surface area contributed by atoms with Crippen LogP contribution >= 0.6 is 0 Å². The molecular formula is C28H30FN9O4. The quantitative estimate of drug-likeness (QED) is 0.200. The van der Waals surface area contributed by atoms with Crippen molar-refractivity contribution in [1.29, 1.82) is 0 Å². The van der Waals surface area contributed by atoms with Gasteiger partial charge in [-0.3, -0.25) is 19.1 Å². The highest BCUT2D eigenvalue weighted by atomic mass is 19.1. The number of carbonyl (C=O) groups is 3. The third-order valence-electron chi connectivity index (χ3n) is 7.08. The monoisotopic (exact) mass is 575 g/mol. The summed E-state index contributed by atoms with van der Waals surface area (Å²) in [6.45, 7) is 3.78. The first-order valence-corrected chi connectivity index (χ1v) is 13.2. The average molecular weight is 576 g/mol. The fraction of sp³-hybridized carbons (Fsp3) is 0.286. The Hall–Kier alpha value is -5.27. The van der Waals surface area contributed by atoms with Crippen LogP contribution in [-0.2, 0) is 9.59 Å². The molecule has 14 heteroatoms. The van der Waals surface area contributed by atoms with Crippen LogP contribution in [0.25, 0.3) is 16.6 Å². The van der Waals surface area contributed by atoms with E-state index in [0.29, 0.717) is 27.8 Å². The van der Waals surface area contributed by atoms with E-state index in [1.54, 1.807) is 22.9 Å². The number of benzene rings is 2. The number of alkyl halides is 1. The Morgan fingerprint density at radius 2 is 1.98 bits per heavy atom. The largest absolute Gasteiger partial charge is 0.481 e. The molecule has 0 bridgehead atoms. The minimum atomic E-state index is -1.26. The molecule has 218 valence electrons. The first-order valence-electron chi connectivity index (χ1n) is 13.2. The molecule has 0 saturated heterocycles. The SMILES string of the molecule is Cc1cc(C)n(-c2cccc([C@H](CC(=O)O)C(C(N)=O)n3ncc4c(NC5=NCC(F)CN5)cc(C(N)=O)cc43)c2)n1. The van der Waals surface area contributed by atoms with Crippen molar-refractivity contribution in [2.45, 2.75) is 38.4 Å². The molecule has 2 amide bonds. The number of carboxylic acid groups (broad SMARTS) is 1. The van der Waals surface area contributed by atoms with Gasteiger partial charge in [0.25, 0.3) is 0 Å². The molecule has 0 saturated carbocycles. The van der Waals surface area contributed by atoms with Crippen molar-refractivity contribution in [2.75, 3.05) is 18.4 Å². The molecule has 3 atom stereocenters. The van der Waals surface area contributed by atoms with E-state index in [4.69, 9.17) is 11.5 Å². The number of hydrogen-bond donors (Lipinski definition) is 5. The van der Waals surface area contributed by atoms with Crippen LogP contribution in [-0.4, -0.2) is 67.7 Å². The second-order valence-electron chi connectivity index (χ2n) is 10.2. The summed E-state index contributed by atoms with van der Waals surface area (Å²) < 4.78 is 16.6. The van der Waals surface area contributed by atoms with Crippen molar-refractivity contribution in [3.8, 4) is 5.69 Å². The molecule has 2 aromatic carbocycles. The number of primary amides is 2. The van der Waals surface area contributed by atoms with Crippen molar-refractivity contribution >= 4 is 40.3 Å². The number of carboxylic acids is 1. The van der Waals surface area contributed by atoms with Crippen LogP contribution in [0.3, 0.4) is 0 Å². The van der Waals surface area contributed by atoms with Gasteiger partial charge >= 0.3 is 5.97 Å². The third kappa shape index (κ3) is 5.64. The molecule has 42 heavy (non-hydrogen) atoms. The molecule has 0 spiro atoms. The van der Waals surface area contributed by atoms with Crippen LogP contribution in [0.2, 0.25) is 0 Å². The van der Waals surface area contributed by atoms with Crippen molar-refractivity contribution in [3.63, 3.8) is 0 Å². The number of anilines is 1. The van der Waals surface area contributed by atoms with Crippen molar-refractivity contribution in [1.82, 2.24) is 24.9 Å². The number of nitrogens with two attached hydrogens (primary N) is 2. The van der Waals surface area contributed by atoms with Gasteiger partial charge in [-0.1, -0.05) is 12.1 Å². The van der Waals surface area contributed by atoms with Crippen LogP contribution in [0, 0.1) is 13.8 Å². The normalized spacial score (nSPS) is 16.4. The number of hydrogen-bond acceptors (Lipinski definition) is 8. The van der Waals surface area contributed by atoms with Crippen molar-refractivity contribution in [2.24, 2.45) is 16.5 Å². The summed E-state index contributed by atoms with van der Waals surface area (Å²) in [6, 6.07) is 10.7. The summed E-state index contributed by atoms with van der Waals surface area (Å²) >= 11 is 0. The molecule has 13 nitrogen and oxygen atoms in total. The van der Waals surface area contributed by atoms with Crippen LogP contribution < -0.4 is 22.1 Å². The van der Waals surface area contributed by atoms with Crippen LogP contribution in [0.15, 0.2) is 53.7 Å². The zero-order valence-electron chi connectivity index (χ0n) is 22.9. The number of fused-ring (bicyclic) bond motifs is 1. The summed E-state index contributed by atoms with van der Waals surface area (Å²) in [7, 11) is 0. The van der Waals surface area contributed by atoms with E-state index >= 15 is 0 Å². The molecule has 7 N–H and O–H groups in total. The maximum absolute atomic E-state index is 13.6. The lowest BCUT2D eigenvalue weighted by molar-refractivity contribution is -0.138. The fourth-order valence-electron chi connectivity index (χ4n) is 5.21. The van der Waals surface area contributed by atoms with Gasteiger partial charge in [-0.05, 0) is 49.7 Å². The molecular weight excluding hydrogens is 545 g/mol. The van der Waals surface area contributed by atoms with E-state index in [-0.39, 0.29) is 24.6 Å². The van der Waals surface area contributed by atoms with E-state index in [1.165, 1.54) is 23.0 Å². The average Bonchev–Trinajstić information content (AvgIpc) is 3.51. The number of nitrogens with zero attached hydrogens (tertiary/aromatic N) is 5. The van der Waals surface area contributed by atoms with E-state index in [2.05, 4.69) is 25.8 Å². The maximum atomic E-state index is 13.6. The second-order valence-corrected chi connectivity index (χ2v) is 10.2. The highest BCUT2D eigenvalue weighted by Crippen LogP contribution is 2.36. The molecule has 2 unspecified atom stereocenters. The zero-order chi connectivity index (χ0) is 30.1. The molecule has 1 aliphatic heterocycles. The molecule has 3 heterocycles. The molecule has 0 radical (unpaired) electrons. The van der Waals surface area contributed by atoms with Crippen molar-refractivity contribution < 1.29 is 23.9 Å². The lowest BCUT2D eigenvalue weighted by Crippen LogP contribution is -2.41. The predicted molar refractivity (Wildman–Crippen MR) is 153 cm³/mol. The van der Waals surface area contributed by atoms with Gasteiger partial charge in [0, 0.05) is 22.6 Å². The number of aliphatic carboxylic acids is 1. The topological polar surface area (TPSA) is 196 Å². The highest BCUT2D eigenvalue weighted by Gasteiger charge is 2.34. The number of guanidine groups is 1. The van der Waals surface area contributed by atoms with Gasteiger partial charge < -0.3 is 27.2 Å². The number of halogens is 1. The number of aliphatic imine (C=N–C) groups is 1. The smallest absolute Gasteiger partial charge is 0.304 e. The molecule has 0 aliphatic carbocycles. The minimum Gasteiger partial charge on any atom is -0.481 e. The zero-order valence-corrected chi connectivity index (χ0v) is 22.9. The molecule has 2 aromatic heterocycles. The number of aromatic nitrogens is 4. The Balaban J connectivity index is 1.63. The number of rotatable bonds is 9. The van der Waals surface area contributed by atoms with Crippen LogP contribution in [0.4, 0.5) is 10.1 Å². The first-order chi connectivity index (χ1) is 20.0. The Morgan fingerprint density at radius 3 is 2.60 bits per heavy atom. The van der Waals surface area contributed by atoms with Gasteiger partial charge in [-0.2, -0.15) is 10.2 Å². The van der Waals surface area contributed by atoms with E-state index < -0.39 is 42.3 Å². The first kappa shape index (κ1) is 28.3. The third-order valence-corrected chi connectivity index (χ3v) is 7.08. The Labute approximate surface area is 239 Å². The highest BCUT2D eigenvalue weighted by molar-refractivity contribution is 6.07. The van der Waals surface area contributed by atoms with Gasteiger partial charge in [0.2, 0.25) is 11.8 Å². The van der Waals surface area contributed by atoms with E-state index in [0.717, 1.165) is 11.4 Å². The van der Waals surface area contributed by atoms with Gasteiger partial charge in [-0.15, -0.1) is 0 Å². The van der Waals surface area contributed by atoms with Crippen LogP contribution in [0.1, 0.15) is 45.7 Å². The summed E-state index contributed by atoms with van der Waals surface area (Å²) in [5, 5.41) is 25.2. The number of carbonyl (C=O) groups excluding carboxylic acids is 2. The second kappa shape index (κ2) is 11.3. The summed E-state index contributed by atoms with van der Waals surface area (Å²) in [5.41, 5.74) is 15.2. The van der Waals surface area contributed by atoms with Gasteiger partial charge in [0.15, 0.2) is 5.96 Å². The minimum absolute atomic E-state index is 0.0371. The molecule has 1 aliphatic rings.